The average molecular weight is 316 g/mol. The maximum absolute atomic E-state index is 12.0. The van der Waals surface area contributed by atoms with Gasteiger partial charge in [-0.3, -0.25) is 4.57 Å². The number of nitrogens with one attached hydrogen (secondary N) is 2. The quantitative estimate of drug-likeness (QED) is 0.748. The Morgan fingerprint density at radius 2 is 2.22 bits per heavy atom. The van der Waals surface area contributed by atoms with Crippen molar-refractivity contribution in [1.82, 2.24) is 24.6 Å². The minimum absolute atomic E-state index is 0.244. The predicted molar refractivity (Wildman–Crippen MR) is 83.0 cm³/mol. The molecule has 0 atom stereocenters. The van der Waals surface area contributed by atoms with Crippen LogP contribution < -0.4 is 16.4 Å². The molecule has 0 saturated carbocycles. The Balaban J connectivity index is 1.73. The normalized spacial score (nSPS) is 10.9. The van der Waals surface area contributed by atoms with Crippen molar-refractivity contribution in [1.29, 1.82) is 0 Å². The standard InChI is InChI=1S/C14H16N6O3/c1-3-20-11(16-8-17-20)7-15-13(21)18-9-5-4-6-10-12(9)23-14(22)19(10)2/h4-6,8H,3,7H2,1-2H3,(H2,15,18,21). The lowest BCUT2D eigenvalue weighted by Crippen LogP contribution is -2.29. The zero-order chi connectivity index (χ0) is 16.4. The molecule has 0 spiro atoms. The van der Waals surface area contributed by atoms with E-state index in [0.717, 1.165) is 0 Å². The Morgan fingerprint density at radius 3 is 3.00 bits per heavy atom. The molecule has 2 amide bonds. The maximum Gasteiger partial charge on any atom is 0.419 e. The maximum atomic E-state index is 12.0. The number of fused-ring (bicyclic) bond motifs is 1. The molecule has 3 rings (SSSR count). The fraction of sp³-hybridized carbons (Fsp3) is 0.286. The highest BCUT2D eigenvalue weighted by Gasteiger charge is 2.12. The molecule has 0 radical (unpaired) electrons. The van der Waals surface area contributed by atoms with Crippen LogP contribution >= 0.6 is 0 Å². The molecular formula is C14H16N6O3. The van der Waals surface area contributed by atoms with Gasteiger partial charge in [-0.05, 0) is 19.1 Å². The number of urea groups is 1. The zero-order valence-electron chi connectivity index (χ0n) is 12.7. The monoisotopic (exact) mass is 316 g/mol. The average Bonchev–Trinajstić information content (AvgIpc) is 3.11. The summed E-state index contributed by atoms with van der Waals surface area (Å²) in [6.45, 7) is 2.86. The number of nitrogens with zero attached hydrogens (tertiary/aromatic N) is 4. The fourth-order valence-electron chi connectivity index (χ4n) is 2.26. The number of hydrogen-bond donors (Lipinski definition) is 2. The Kier molecular flexibility index (Phi) is 3.83. The lowest BCUT2D eigenvalue weighted by molar-refractivity contribution is 0.251. The van der Waals surface area contributed by atoms with Crippen molar-refractivity contribution in [3.05, 3.63) is 40.9 Å². The van der Waals surface area contributed by atoms with Crippen LogP contribution in [0.3, 0.4) is 0 Å². The van der Waals surface area contributed by atoms with Crippen LogP contribution in [0.15, 0.2) is 33.7 Å². The molecule has 0 bridgehead atoms. The van der Waals surface area contributed by atoms with Gasteiger partial charge in [0.2, 0.25) is 0 Å². The van der Waals surface area contributed by atoms with Crippen LogP contribution in [0.1, 0.15) is 12.7 Å². The molecule has 0 saturated heterocycles. The second-order valence-corrected chi connectivity index (χ2v) is 4.88. The Morgan fingerprint density at radius 1 is 1.39 bits per heavy atom. The summed E-state index contributed by atoms with van der Waals surface area (Å²) in [5.74, 6) is 0.179. The summed E-state index contributed by atoms with van der Waals surface area (Å²) < 4.78 is 8.22. The van der Waals surface area contributed by atoms with Crippen molar-refractivity contribution in [2.75, 3.05) is 5.32 Å². The smallest absolute Gasteiger partial charge is 0.405 e. The first kappa shape index (κ1) is 14.8. The Bertz CT molecular complexity index is 907. The highest BCUT2D eigenvalue weighted by molar-refractivity contribution is 5.97. The van der Waals surface area contributed by atoms with E-state index in [9.17, 15) is 9.59 Å². The fourth-order valence-corrected chi connectivity index (χ4v) is 2.26. The van der Waals surface area contributed by atoms with Crippen molar-refractivity contribution >= 4 is 22.8 Å². The largest absolute Gasteiger partial charge is 0.419 e. The van der Waals surface area contributed by atoms with E-state index in [2.05, 4.69) is 20.7 Å². The van der Waals surface area contributed by atoms with Gasteiger partial charge >= 0.3 is 11.8 Å². The molecule has 9 nitrogen and oxygen atoms in total. The van der Waals surface area contributed by atoms with Gasteiger partial charge in [0.15, 0.2) is 5.58 Å². The third kappa shape index (κ3) is 2.80. The van der Waals surface area contributed by atoms with Gasteiger partial charge in [0.1, 0.15) is 12.2 Å². The molecule has 23 heavy (non-hydrogen) atoms. The second-order valence-electron chi connectivity index (χ2n) is 4.88. The first-order valence-electron chi connectivity index (χ1n) is 7.10. The molecule has 0 aliphatic heterocycles. The van der Waals surface area contributed by atoms with Crippen LogP contribution in [0.2, 0.25) is 0 Å². The number of oxazole rings is 1. The van der Waals surface area contributed by atoms with Gasteiger partial charge in [0.05, 0.1) is 17.7 Å². The summed E-state index contributed by atoms with van der Waals surface area (Å²) in [5, 5.41) is 9.40. The number of aryl methyl sites for hydroxylation is 2. The Labute approximate surface area is 130 Å². The van der Waals surface area contributed by atoms with Crippen LogP contribution in [-0.2, 0) is 20.1 Å². The summed E-state index contributed by atoms with van der Waals surface area (Å²) in [6.07, 6.45) is 1.44. The number of aromatic nitrogens is 4. The molecule has 2 heterocycles. The molecule has 2 aromatic heterocycles. The number of benzene rings is 1. The summed E-state index contributed by atoms with van der Waals surface area (Å²) in [7, 11) is 1.61. The first-order valence-corrected chi connectivity index (χ1v) is 7.10. The topological polar surface area (TPSA) is 107 Å². The minimum Gasteiger partial charge on any atom is -0.405 e. The molecule has 0 unspecified atom stereocenters. The number of amides is 2. The van der Waals surface area contributed by atoms with E-state index in [1.54, 1.807) is 29.9 Å². The lowest BCUT2D eigenvalue weighted by Gasteiger charge is -2.08. The number of rotatable bonds is 4. The van der Waals surface area contributed by atoms with Gasteiger partial charge in [0, 0.05) is 13.6 Å². The van der Waals surface area contributed by atoms with Crippen LogP contribution in [0.4, 0.5) is 10.5 Å². The van der Waals surface area contributed by atoms with E-state index in [1.165, 1.54) is 10.9 Å². The summed E-state index contributed by atoms with van der Waals surface area (Å²) in [5.41, 5.74) is 1.38. The number of carbonyl (C=O) groups excluding carboxylic acids is 1. The summed E-state index contributed by atoms with van der Waals surface area (Å²) in [4.78, 5) is 27.7. The highest BCUT2D eigenvalue weighted by Crippen LogP contribution is 2.21. The SMILES string of the molecule is CCn1ncnc1CNC(=O)Nc1cccc2c1oc(=O)n2C. The van der Waals surface area contributed by atoms with Gasteiger partial charge in [0.25, 0.3) is 0 Å². The Hall–Kier alpha value is -3.10. The molecule has 3 aromatic rings. The van der Waals surface area contributed by atoms with Gasteiger partial charge in [-0.15, -0.1) is 0 Å². The van der Waals surface area contributed by atoms with E-state index >= 15 is 0 Å². The van der Waals surface area contributed by atoms with Crippen molar-refractivity contribution in [3.8, 4) is 0 Å². The van der Waals surface area contributed by atoms with Crippen LogP contribution in [0.25, 0.3) is 11.1 Å². The van der Waals surface area contributed by atoms with Crippen molar-refractivity contribution in [2.24, 2.45) is 7.05 Å². The lowest BCUT2D eigenvalue weighted by atomic mass is 10.3. The molecule has 0 aliphatic carbocycles. The molecule has 9 heteroatoms. The molecule has 2 N–H and O–H groups in total. The first-order chi connectivity index (χ1) is 11.1. The van der Waals surface area contributed by atoms with Gasteiger partial charge in [-0.1, -0.05) is 6.07 Å². The van der Waals surface area contributed by atoms with Crippen LogP contribution in [0.5, 0.6) is 0 Å². The summed E-state index contributed by atoms with van der Waals surface area (Å²) in [6, 6.07) is 4.72. The number of anilines is 1. The van der Waals surface area contributed by atoms with Crippen LogP contribution in [0, 0.1) is 0 Å². The molecular weight excluding hydrogens is 300 g/mol. The molecule has 1 aromatic carbocycles. The van der Waals surface area contributed by atoms with Crippen molar-refractivity contribution < 1.29 is 9.21 Å². The van der Waals surface area contributed by atoms with E-state index in [-0.39, 0.29) is 6.54 Å². The third-order valence-corrected chi connectivity index (χ3v) is 3.47. The van der Waals surface area contributed by atoms with E-state index in [4.69, 9.17) is 4.42 Å². The summed E-state index contributed by atoms with van der Waals surface area (Å²) >= 11 is 0. The van der Waals surface area contributed by atoms with E-state index in [0.29, 0.717) is 29.2 Å². The minimum atomic E-state index is -0.481. The van der Waals surface area contributed by atoms with Gasteiger partial charge in [-0.25, -0.2) is 19.3 Å². The molecule has 0 fully saturated rings. The van der Waals surface area contributed by atoms with Crippen LogP contribution in [-0.4, -0.2) is 25.4 Å². The van der Waals surface area contributed by atoms with Crippen molar-refractivity contribution in [2.45, 2.75) is 20.0 Å². The predicted octanol–water partition coefficient (Wildman–Crippen LogP) is 1.06. The number of para-hydroxylation sites is 1. The molecule has 120 valence electrons. The highest BCUT2D eigenvalue weighted by atomic mass is 16.4. The zero-order valence-corrected chi connectivity index (χ0v) is 12.7. The van der Waals surface area contributed by atoms with Gasteiger partial charge in [-0.2, -0.15) is 5.10 Å². The van der Waals surface area contributed by atoms with Crippen molar-refractivity contribution in [3.63, 3.8) is 0 Å². The third-order valence-electron chi connectivity index (χ3n) is 3.47. The number of hydrogen-bond acceptors (Lipinski definition) is 5. The van der Waals surface area contributed by atoms with Gasteiger partial charge < -0.3 is 15.1 Å². The number of carbonyl (C=O) groups is 1. The van der Waals surface area contributed by atoms with E-state index < -0.39 is 11.8 Å². The van der Waals surface area contributed by atoms with E-state index in [1.807, 2.05) is 6.92 Å². The molecule has 0 aliphatic rings. The second kappa shape index (κ2) is 5.95.